The normalized spacial score (nSPS) is 14.8. The zero-order chi connectivity index (χ0) is 14.5. The maximum absolute atomic E-state index is 11.9. The van der Waals surface area contributed by atoms with Gasteiger partial charge in [-0.05, 0) is 12.1 Å². The molecule has 3 rings (SSSR count). The Morgan fingerprint density at radius 1 is 1.26 bits per heavy atom. The summed E-state index contributed by atoms with van der Waals surface area (Å²) < 4.78 is 1.93. The number of carbonyl (C=O) groups excluding carboxylic acids is 1. The number of amides is 1. The van der Waals surface area contributed by atoms with E-state index in [2.05, 4.69) is 20.5 Å². The van der Waals surface area contributed by atoms with E-state index < -0.39 is 0 Å². The number of rotatable bonds is 5. The SMILES string of the molecule is Cl.Cl.O=C(Cc1cn2ccccc2n1)NCCN1CCNCC1. The standard InChI is InChI=1S/C15H21N5O.2ClH/c21-15(17-6-10-19-8-4-16-5-9-19)11-13-12-20-7-2-1-3-14(20)18-13;;/h1-3,7,12,16H,4-6,8-11H2,(H,17,21);2*1H. The zero-order valence-corrected chi connectivity index (χ0v) is 14.5. The van der Waals surface area contributed by atoms with Gasteiger partial charge in [0.25, 0.3) is 0 Å². The van der Waals surface area contributed by atoms with Crippen LogP contribution in [-0.2, 0) is 11.2 Å². The van der Waals surface area contributed by atoms with E-state index >= 15 is 0 Å². The molecule has 0 spiro atoms. The molecule has 3 heterocycles. The number of nitrogens with one attached hydrogen (secondary N) is 2. The van der Waals surface area contributed by atoms with Gasteiger partial charge < -0.3 is 15.0 Å². The molecular formula is C15H23Cl2N5O. The number of hydrogen-bond acceptors (Lipinski definition) is 4. The van der Waals surface area contributed by atoms with Gasteiger partial charge in [0.15, 0.2) is 0 Å². The van der Waals surface area contributed by atoms with E-state index in [1.165, 1.54) is 0 Å². The largest absolute Gasteiger partial charge is 0.354 e. The molecule has 0 aromatic carbocycles. The first-order chi connectivity index (χ1) is 10.3. The molecule has 2 aromatic rings. The van der Waals surface area contributed by atoms with Gasteiger partial charge in [0.2, 0.25) is 5.91 Å². The van der Waals surface area contributed by atoms with E-state index in [9.17, 15) is 4.79 Å². The molecule has 2 aromatic heterocycles. The summed E-state index contributed by atoms with van der Waals surface area (Å²) in [6, 6.07) is 5.83. The minimum Gasteiger partial charge on any atom is -0.354 e. The van der Waals surface area contributed by atoms with Gasteiger partial charge in [-0.15, -0.1) is 24.8 Å². The molecule has 0 saturated carbocycles. The number of hydrogen-bond donors (Lipinski definition) is 2. The minimum absolute atomic E-state index is 0. The lowest BCUT2D eigenvalue weighted by atomic mass is 10.3. The molecule has 128 valence electrons. The summed E-state index contributed by atoms with van der Waals surface area (Å²) in [5.74, 6) is 0.0357. The van der Waals surface area contributed by atoms with Crippen LogP contribution in [0.25, 0.3) is 5.65 Å². The Morgan fingerprint density at radius 3 is 2.78 bits per heavy atom. The number of pyridine rings is 1. The smallest absolute Gasteiger partial charge is 0.226 e. The minimum atomic E-state index is 0. The lowest BCUT2D eigenvalue weighted by molar-refractivity contribution is -0.120. The molecule has 1 aliphatic heterocycles. The highest BCUT2D eigenvalue weighted by molar-refractivity contribution is 5.85. The van der Waals surface area contributed by atoms with Crippen molar-refractivity contribution < 1.29 is 4.79 Å². The molecule has 0 unspecified atom stereocenters. The van der Waals surface area contributed by atoms with E-state index in [-0.39, 0.29) is 30.7 Å². The summed E-state index contributed by atoms with van der Waals surface area (Å²) in [7, 11) is 0. The van der Waals surface area contributed by atoms with Crippen LogP contribution in [0.4, 0.5) is 0 Å². The van der Waals surface area contributed by atoms with E-state index in [0.29, 0.717) is 13.0 Å². The average molecular weight is 360 g/mol. The molecule has 23 heavy (non-hydrogen) atoms. The molecule has 0 bridgehead atoms. The Labute approximate surface area is 148 Å². The Morgan fingerprint density at radius 2 is 2.04 bits per heavy atom. The number of aromatic nitrogens is 2. The second kappa shape index (κ2) is 9.72. The molecule has 0 aliphatic carbocycles. The Hall–Kier alpha value is -1.34. The quantitative estimate of drug-likeness (QED) is 0.826. The summed E-state index contributed by atoms with van der Waals surface area (Å²) in [6.07, 6.45) is 4.18. The molecule has 1 amide bonds. The third kappa shape index (κ3) is 5.66. The van der Waals surface area contributed by atoms with Crippen molar-refractivity contribution in [2.45, 2.75) is 6.42 Å². The fraction of sp³-hybridized carbons (Fsp3) is 0.467. The lowest BCUT2D eigenvalue weighted by Gasteiger charge is -2.27. The maximum atomic E-state index is 11.9. The highest BCUT2D eigenvalue weighted by Gasteiger charge is 2.10. The molecule has 2 N–H and O–H groups in total. The van der Waals surface area contributed by atoms with Crippen molar-refractivity contribution in [1.82, 2.24) is 24.9 Å². The number of fused-ring (bicyclic) bond motifs is 1. The second-order valence-corrected chi connectivity index (χ2v) is 5.32. The first-order valence-corrected chi connectivity index (χ1v) is 7.44. The molecule has 1 fully saturated rings. The summed E-state index contributed by atoms with van der Waals surface area (Å²) in [5, 5.41) is 6.29. The Balaban J connectivity index is 0.00000132. The van der Waals surface area contributed by atoms with Gasteiger partial charge in [-0.25, -0.2) is 4.98 Å². The van der Waals surface area contributed by atoms with Crippen LogP contribution in [0.2, 0.25) is 0 Å². The van der Waals surface area contributed by atoms with Crippen LogP contribution in [0, 0.1) is 0 Å². The fourth-order valence-corrected chi connectivity index (χ4v) is 2.59. The fourth-order valence-electron chi connectivity index (χ4n) is 2.59. The maximum Gasteiger partial charge on any atom is 0.226 e. The van der Waals surface area contributed by atoms with Crippen molar-refractivity contribution in [2.75, 3.05) is 39.3 Å². The van der Waals surface area contributed by atoms with Crippen LogP contribution in [-0.4, -0.2) is 59.5 Å². The second-order valence-electron chi connectivity index (χ2n) is 5.32. The first-order valence-electron chi connectivity index (χ1n) is 7.44. The predicted molar refractivity (Wildman–Crippen MR) is 95.7 cm³/mol. The van der Waals surface area contributed by atoms with Crippen molar-refractivity contribution >= 4 is 36.4 Å². The van der Waals surface area contributed by atoms with Crippen molar-refractivity contribution in [3.8, 4) is 0 Å². The third-order valence-electron chi connectivity index (χ3n) is 3.72. The molecule has 0 atom stereocenters. The van der Waals surface area contributed by atoms with Gasteiger partial charge in [-0.1, -0.05) is 6.07 Å². The molecule has 1 aliphatic rings. The van der Waals surface area contributed by atoms with Gasteiger partial charge in [-0.2, -0.15) is 0 Å². The van der Waals surface area contributed by atoms with Crippen LogP contribution in [0.15, 0.2) is 30.6 Å². The lowest BCUT2D eigenvalue weighted by Crippen LogP contribution is -2.46. The monoisotopic (exact) mass is 359 g/mol. The van der Waals surface area contributed by atoms with E-state index in [1.807, 2.05) is 35.0 Å². The number of carbonyl (C=O) groups is 1. The number of halogens is 2. The average Bonchev–Trinajstić information content (AvgIpc) is 2.90. The van der Waals surface area contributed by atoms with Gasteiger partial charge in [0, 0.05) is 51.7 Å². The Bertz CT molecular complexity index is 580. The van der Waals surface area contributed by atoms with Crippen molar-refractivity contribution in [3.05, 3.63) is 36.3 Å². The van der Waals surface area contributed by atoms with Crippen LogP contribution in [0.5, 0.6) is 0 Å². The summed E-state index contributed by atoms with van der Waals surface area (Å²) in [4.78, 5) is 18.7. The van der Waals surface area contributed by atoms with Gasteiger partial charge in [-0.3, -0.25) is 9.69 Å². The van der Waals surface area contributed by atoms with Crippen molar-refractivity contribution in [2.24, 2.45) is 0 Å². The van der Waals surface area contributed by atoms with E-state index in [0.717, 1.165) is 44.1 Å². The van der Waals surface area contributed by atoms with Gasteiger partial charge >= 0.3 is 0 Å². The van der Waals surface area contributed by atoms with E-state index in [1.54, 1.807) is 0 Å². The third-order valence-corrected chi connectivity index (χ3v) is 3.72. The molecule has 0 radical (unpaired) electrons. The van der Waals surface area contributed by atoms with Crippen LogP contribution < -0.4 is 10.6 Å². The van der Waals surface area contributed by atoms with Gasteiger partial charge in [0.1, 0.15) is 5.65 Å². The van der Waals surface area contributed by atoms with E-state index in [4.69, 9.17) is 0 Å². The van der Waals surface area contributed by atoms with Gasteiger partial charge in [0.05, 0.1) is 12.1 Å². The number of nitrogens with zero attached hydrogens (tertiary/aromatic N) is 3. The van der Waals surface area contributed by atoms with Crippen molar-refractivity contribution in [1.29, 1.82) is 0 Å². The van der Waals surface area contributed by atoms with Crippen LogP contribution in [0.3, 0.4) is 0 Å². The Kier molecular flexibility index (Phi) is 8.33. The summed E-state index contributed by atoms with van der Waals surface area (Å²) in [5.41, 5.74) is 1.68. The highest BCUT2D eigenvalue weighted by Crippen LogP contribution is 2.04. The first kappa shape index (κ1) is 19.7. The number of piperazine rings is 1. The van der Waals surface area contributed by atoms with Crippen LogP contribution in [0.1, 0.15) is 5.69 Å². The molecule has 8 heteroatoms. The highest BCUT2D eigenvalue weighted by atomic mass is 35.5. The predicted octanol–water partition coefficient (Wildman–Crippen LogP) is 0.742. The molecule has 6 nitrogen and oxygen atoms in total. The summed E-state index contributed by atoms with van der Waals surface area (Å²) in [6.45, 7) is 5.81. The van der Waals surface area contributed by atoms with Crippen LogP contribution >= 0.6 is 24.8 Å². The van der Waals surface area contributed by atoms with Crippen molar-refractivity contribution in [3.63, 3.8) is 0 Å². The molecule has 1 saturated heterocycles. The molecular weight excluding hydrogens is 337 g/mol. The number of imidazole rings is 1. The zero-order valence-electron chi connectivity index (χ0n) is 12.9. The topological polar surface area (TPSA) is 61.7 Å². The summed E-state index contributed by atoms with van der Waals surface area (Å²) >= 11 is 0.